The molecule has 1 aromatic heterocycles. The number of nitrogens with zero attached hydrogens (tertiary/aromatic N) is 1. The Labute approximate surface area is 122 Å². The smallest absolute Gasteiger partial charge is 0.0943 e. The predicted molar refractivity (Wildman–Crippen MR) is 83.8 cm³/mol. The molecular formula is C16H28N2S. The van der Waals surface area contributed by atoms with Crippen molar-refractivity contribution < 1.29 is 0 Å². The molecule has 2 nitrogen and oxygen atoms in total. The Balaban J connectivity index is 2.07. The van der Waals surface area contributed by atoms with Gasteiger partial charge in [0.1, 0.15) is 0 Å². The molecule has 2 unspecified atom stereocenters. The molecule has 108 valence electrons. The van der Waals surface area contributed by atoms with Gasteiger partial charge in [0.15, 0.2) is 0 Å². The average Bonchev–Trinajstić information content (AvgIpc) is 2.90. The summed E-state index contributed by atoms with van der Waals surface area (Å²) in [6.07, 6.45) is 6.45. The van der Waals surface area contributed by atoms with Crippen molar-refractivity contribution in [3.8, 4) is 0 Å². The van der Waals surface area contributed by atoms with Gasteiger partial charge in [-0.05, 0) is 44.1 Å². The van der Waals surface area contributed by atoms with Gasteiger partial charge < -0.3 is 5.32 Å². The minimum Gasteiger partial charge on any atom is -0.313 e. The first kappa shape index (κ1) is 15.0. The molecule has 1 saturated carbocycles. The summed E-state index contributed by atoms with van der Waals surface area (Å²) in [6.45, 7) is 10.4. The van der Waals surface area contributed by atoms with Gasteiger partial charge in [-0.2, -0.15) is 0 Å². The summed E-state index contributed by atoms with van der Waals surface area (Å²) in [5, 5.41) is 7.26. The Hall–Kier alpha value is -0.410. The number of aryl methyl sites for hydroxylation is 1. The van der Waals surface area contributed by atoms with Crippen LogP contribution in [0.1, 0.15) is 57.2 Å². The molecule has 0 amide bonds. The van der Waals surface area contributed by atoms with E-state index in [0.29, 0.717) is 11.5 Å². The molecule has 1 fully saturated rings. The van der Waals surface area contributed by atoms with Crippen LogP contribution in [0.4, 0.5) is 0 Å². The summed E-state index contributed by atoms with van der Waals surface area (Å²) < 4.78 is 0. The lowest BCUT2D eigenvalue weighted by atomic mass is 9.76. The van der Waals surface area contributed by atoms with Gasteiger partial charge in [-0.3, -0.25) is 0 Å². The summed E-state index contributed by atoms with van der Waals surface area (Å²) in [6, 6.07) is 0.600. The van der Waals surface area contributed by atoms with Crippen molar-refractivity contribution in [2.24, 2.45) is 11.3 Å². The Bertz CT molecular complexity index is 397. The van der Waals surface area contributed by atoms with Crippen molar-refractivity contribution in [1.29, 1.82) is 0 Å². The number of hydrogen-bond donors (Lipinski definition) is 1. The standard InChI is InChI=1S/C16H28N2S/c1-5-9-17-14(10-15-18-12(2)11-19-15)13-7-6-8-16(13,3)4/h11,13-14,17H,5-10H2,1-4H3. The van der Waals surface area contributed by atoms with Crippen LogP contribution < -0.4 is 5.32 Å². The fourth-order valence-electron chi connectivity index (χ4n) is 3.47. The van der Waals surface area contributed by atoms with Crippen LogP contribution in [0, 0.1) is 18.3 Å². The lowest BCUT2D eigenvalue weighted by Gasteiger charge is -2.34. The van der Waals surface area contributed by atoms with Gasteiger partial charge >= 0.3 is 0 Å². The molecule has 0 aromatic carbocycles. The number of aromatic nitrogens is 1. The second kappa shape index (κ2) is 6.36. The lowest BCUT2D eigenvalue weighted by molar-refractivity contribution is 0.195. The van der Waals surface area contributed by atoms with Gasteiger partial charge in [-0.25, -0.2) is 4.98 Å². The van der Waals surface area contributed by atoms with Gasteiger partial charge in [0, 0.05) is 23.5 Å². The number of nitrogens with one attached hydrogen (secondary N) is 1. The zero-order valence-corrected chi connectivity index (χ0v) is 13.6. The summed E-state index contributed by atoms with van der Waals surface area (Å²) in [7, 11) is 0. The molecule has 1 aliphatic rings. The molecule has 3 heteroatoms. The normalized spacial score (nSPS) is 23.7. The SMILES string of the molecule is CCCNC(Cc1nc(C)cs1)C1CCCC1(C)C. The fourth-order valence-corrected chi connectivity index (χ4v) is 4.30. The van der Waals surface area contributed by atoms with Crippen LogP contribution in [0.2, 0.25) is 0 Å². The summed E-state index contributed by atoms with van der Waals surface area (Å²) in [4.78, 5) is 4.66. The van der Waals surface area contributed by atoms with Gasteiger partial charge in [-0.15, -0.1) is 11.3 Å². The molecule has 0 spiro atoms. The summed E-state index contributed by atoms with van der Waals surface area (Å²) in [5.74, 6) is 0.795. The van der Waals surface area contributed by atoms with Crippen LogP contribution in [-0.4, -0.2) is 17.6 Å². The molecule has 19 heavy (non-hydrogen) atoms. The third-order valence-corrected chi connectivity index (χ3v) is 5.53. The van der Waals surface area contributed by atoms with E-state index >= 15 is 0 Å². The minimum atomic E-state index is 0.484. The quantitative estimate of drug-likeness (QED) is 0.845. The Morgan fingerprint density at radius 1 is 1.53 bits per heavy atom. The Kier molecular flexibility index (Phi) is 5.02. The maximum atomic E-state index is 4.66. The van der Waals surface area contributed by atoms with E-state index in [1.807, 2.05) is 11.3 Å². The lowest BCUT2D eigenvalue weighted by Crippen LogP contribution is -2.42. The highest BCUT2D eigenvalue weighted by Gasteiger charge is 2.39. The Morgan fingerprint density at radius 3 is 2.84 bits per heavy atom. The van der Waals surface area contributed by atoms with Crippen molar-refractivity contribution in [3.05, 3.63) is 16.1 Å². The van der Waals surface area contributed by atoms with Crippen molar-refractivity contribution in [1.82, 2.24) is 10.3 Å². The van der Waals surface area contributed by atoms with E-state index in [1.54, 1.807) is 0 Å². The zero-order chi connectivity index (χ0) is 13.9. The van der Waals surface area contributed by atoms with E-state index < -0.39 is 0 Å². The number of rotatable bonds is 6. The summed E-state index contributed by atoms with van der Waals surface area (Å²) in [5.41, 5.74) is 1.65. The van der Waals surface area contributed by atoms with Crippen molar-refractivity contribution >= 4 is 11.3 Å². The van der Waals surface area contributed by atoms with Crippen LogP contribution in [0.3, 0.4) is 0 Å². The predicted octanol–water partition coefficient (Wildman–Crippen LogP) is 4.19. The molecule has 1 aliphatic carbocycles. The van der Waals surface area contributed by atoms with Crippen LogP contribution in [0.15, 0.2) is 5.38 Å². The fraction of sp³-hybridized carbons (Fsp3) is 0.812. The monoisotopic (exact) mass is 280 g/mol. The first-order chi connectivity index (χ1) is 9.03. The first-order valence-electron chi connectivity index (χ1n) is 7.67. The van der Waals surface area contributed by atoms with E-state index in [0.717, 1.165) is 18.9 Å². The maximum Gasteiger partial charge on any atom is 0.0943 e. The van der Waals surface area contributed by atoms with E-state index in [1.165, 1.54) is 36.4 Å². The molecule has 1 aromatic rings. The average molecular weight is 280 g/mol. The molecule has 0 radical (unpaired) electrons. The third kappa shape index (κ3) is 3.79. The van der Waals surface area contributed by atoms with E-state index in [4.69, 9.17) is 0 Å². The molecule has 0 bridgehead atoms. The second-order valence-corrected chi connectivity index (χ2v) is 7.58. The van der Waals surface area contributed by atoms with Gasteiger partial charge in [-0.1, -0.05) is 27.2 Å². The summed E-state index contributed by atoms with van der Waals surface area (Å²) >= 11 is 1.82. The van der Waals surface area contributed by atoms with Gasteiger partial charge in [0.25, 0.3) is 0 Å². The Morgan fingerprint density at radius 2 is 2.32 bits per heavy atom. The van der Waals surface area contributed by atoms with Crippen LogP contribution in [0.5, 0.6) is 0 Å². The van der Waals surface area contributed by atoms with E-state index in [-0.39, 0.29) is 0 Å². The van der Waals surface area contributed by atoms with Gasteiger partial charge in [0.05, 0.1) is 5.01 Å². The molecule has 1 heterocycles. The van der Waals surface area contributed by atoms with Crippen molar-refractivity contribution in [2.45, 2.75) is 65.8 Å². The number of thiazole rings is 1. The van der Waals surface area contributed by atoms with E-state index in [9.17, 15) is 0 Å². The molecule has 1 N–H and O–H groups in total. The second-order valence-electron chi connectivity index (χ2n) is 6.63. The molecule has 2 atom stereocenters. The minimum absolute atomic E-state index is 0.484. The highest BCUT2D eigenvalue weighted by Crippen LogP contribution is 2.45. The molecule has 2 rings (SSSR count). The zero-order valence-electron chi connectivity index (χ0n) is 12.8. The van der Waals surface area contributed by atoms with Crippen LogP contribution in [0.25, 0.3) is 0 Å². The highest BCUT2D eigenvalue weighted by atomic mass is 32.1. The first-order valence-corrected chi connectivity index (χ1v) is 8.55. The molecular weight excluding hydrogens is 252 g/mol. The van der Waals surface area contributed by atoms with E-state index in [2.05, 4.69) is 43.4 Å². The number of hydrogen-bond acceptors (Lipinski definition) is 3. The highest BCUT2D eigenvalue weighted by molar-refractivity contribution is 7.09. The third-order valence-electron chi connectivity index (χ3n) is 4.54. The van der Waals surface area contributed by atoms with Gasteiger partial charge in [0.2, 0.25) is 0 Å². The topological polar surface area (TPSA) is 24.9 Å². The maximum absolute atomic E-state index is 4.66. The largest absolute Gasteiger partial charge is 0.313 e. The van der Waals surface area contributed by atoms with Crippen molar-refractivity contribution in [3.63, 3.8) is 0 Å². The molecule has 0 saturated heterocycles. The van der Waals surface area contributed by atoms with Crippen LogP contribution >= 0.6 is 11.3 Å². The van der Waals surface area contributed by atoms with Crippen LogP contribution in [-0.2, 0) is 6.42 Å². The van der Waals surface area contributed by atoms with Crippen molar-refractivity contribution in [2.75, 3.05) is 6.54 Å². The molecule has 0 aliphatic heterocycles.